The molecule has 0 aliphatic carbocycles. The molecular formula is C21H31ClO. The van der Waals surface area contributed by atoms with E-state index >= 15 is 0 Å². The second-order valence-corrected chi connectivity index (χ2v) is 5.80. The van der Waals surface area contributed by atoms with Crippen molar-refractivity contribution >= 4 is 11.6 Å². The predicted molar refractivity (Wildman–Crippen MR) is 105 cm³/mol. The molecule has 0 fully saturated rings. The monoisotopic (exact) mass is 334 g/mol. The summed E-state index contributed by atoms with van der Waals surface area (Å²) in [4.78, 5) is 0. The Morgan fingerprint density at radius 2 is 1.30 bits per heavy atom. The van der Waals surface area contributed by atoms with Crippen LogP contribution in [-0.2, 0) is 0 Å². The number of hydrogen-bond donors (Lipinski definition) is 1. The summed E-state index contributed by atoms with van der Waals surface area (Å²) in [5.41, 5.74) is 0. The molecule has 2 heteroatoms. The van der Waals surface area contributed by atoms with Gasteiger partial charge in [0.2, 0.25) is 0 Å². The van der Waals surface area contributed by atoms with Gasteiger partial charge in [-0.3, -0.25) is 0 Å². The van der Waals surface area contributed by atoms with Crippen LogP contribution in [0.3, 0.4) is 0 Å². The van der Waals surface area contributed by atoms with Gasteiger partial charge in [-0.05, 0) is 44.9 Å². The molecule has 2 atom stereocenters. The van der Waals surface area contributed by atoms with E-state index in [2.05, 4.69) is 49.6 Å². The van der Waals surface area contributed by atoms with E-state index in [1.54, 1.807) is 6.08 Å². The van der Waals surface area contributed by atoms with E-state index in [-0.39, 0.29) is 5.38 Å². The molecule has 0 saturated carbocycles. The van der Waals surface area contributed by atoms with E-state index in [1.165, 1.54) is 6.42 Å². The van der Waals surface area contributed by atoms with Crippen LogP contribution in [0.2, 0.25) is 0 Å². The minimum Gasteiger partial charge on any atom is -0.391 e. The molecule has 1 nitrogen and oxygen atoms in total. The number of allylic oxidation sites excluding steroid dienone is 8. The molecule has 0 saturated heterocycles. The molecular weight excluding hydrogens is 304 g/mol. The first kappa shape index (κ1) is 21.7. The molecule has 23 heavy (non-hydrogen) atoms. The van der Waals surface area contributed by atoms with Gasteiger partial charge in [0.25, 0.3) is 0 Å². The van der Waals surface area contributed by atoms with Gasteiger partial charge in [0.05, 0.1) is 11.5 Å². The Bertz CT molecular complexity index is 404. The van der Waals surface area contributed by atoms with Crippen molar-refractivity contribution in [2.24, 2.45) is 0 Å². The first-order valence-corrected chi connectivity index (χ1v) is 8.81. The SMILES string of the molecule is C=CCCCC=CCC=CCC=CCC=CCC(O)C(Cl)C=C. The number of alkyl halides is 1. The second kappa shape index (κ2) is 17.1. The van der Waals surface area contributed by atoms with E-state index in [0.29, 0.717) is 6.42 Å². The summed E-state index contributed by atoms with van der Waals surface area (Å²) in [7, 11) is 0. The van der Waals surface area contributed by atoms with Crippen LogP contribution in [0.1, 0.15) is 44.9 Å². The molecule has 0 heterocycles. The van der Waals surface area contributed by atoms with Crippen molar-refractivity contribution in [2.75, 3.05) is 0 Å². The standard InChI is InChI=1S/C21H31ClO/c1-3-5-6-7-8-9-10-11-12-13-14-15-16-17-18-19-21(23)20(22)4-2/h3-4,8-9,11-12,14-15,17-18,20-21,23H,1-2,5-7,10,13,16,19H2. The van der Waals surface area contributed by atoms with Crippen LogP contribution in [-0.4, -0.2) is 16.6 Å². The highest BCUT2D eigenvalue weighted by Gasteiger charge is 2.09. The van der Waals surface area contributed by atoms with E-state index < -0.39 is 6.10 Å². The highest BCUT2D eigenvalue weighted by Crippen LogP contribution is 2.08. The highest BCUT2D eigenvalue weighted by atomic mass is 35.5. The van der Waals surface area contributed by atoms with Crippen LogP contribution in [0.5, 0.6) is 0 Å². The second-order valence-electron chi connectivity index (χ2n) is 5.30. The van der Waals surface area contributed by atoms with Crippen LogP contribution in [0.25, 0.3) is 0 Å². The molecule has 0 aliphatic heterocycles. The van der Waals surface area contributed by atoms with Gasteiger partial charge in [-0.25, -0.2) is 0 Å². The van der Waals surface area contributed by atoms with Crippen LogP contribution in [0.15, 0.2) is 73.9 Å². The zero-order chi connectivity index (χ0) is 17.2. The average Bonchev–Trinajstić information content (AvgIpc) is 2.57. The fourth-order valence-electron chi connectivity index (χ4n) is 1.83. The molecule has 0 aromatic heterocycles. The summed E-state index contributed by atoms with van der Waals surface area (Å²) in [6.07, 6.45) is 26.9. The Morgan fingerprint density at radius 3 is 1.83 bits per heavy atom. The van der Waals surface area contributed by atoms with Gasteiger partial charge in [-0.15, -0.1) is 24.8 Å². The summed E-state index contributed by atoms with van der Waals surface area (Å²) >= 11 is 5.85. The lowest BCUT2D eigenvalue weighted by atomic mass is 10.1. The molecule has 0 rings (SSSR count). The molecule has 0 aromatic rings. The van der Waals surface area contributed by atoms with Crippen molar-refractivity contribution in [3.63, 3.8) is 0 Å². The Kier molecular flexibility index (Phi) is 16.1. The Labute approximate surface area is 147 Å². The summed E-state index contributed by atoms with van der Waals surface area (Å²) < 4.78 is 0. The number of aliphatic hydroxyl groups excluding tert-OH is 1. The number of aliphatic hydroxyl groups is 1. The van der Waals surface area contributed by atoms with Crippen molar-refractivity contribution in [2.45, 2.75) is 56.4 Å². The topological polar surface area (TPSA) is 20.2 Å². The van der Waals surface area contributed by atoms with Crippen LogP contribution >= 0.6 is 11.6 Å². The van der Waals surface area contributed by atoms with Crippen molar-refractivity contribution in [1.82, 2.24) is 0 Å². The Balaban J connectivity index is 3.58. The lowest BCUT2D eigenvalue weighted by molar-refractivity contribution is 0.184. The number of unbranched alkanes of at least 4 members (excludes halogenated alkanes) is 2. The van der Waals surface area contributed by atoms with Crippen molar-refractivity contribution in [3.05, 3.63) is 73.9 Å². The lowest BCUT2D eigenvalue weighted by Gasteiger charge is -2.09. The Morgan fingerprint density at radius 1 is 0.783 bits per heavy atom. The minimum atomic E-state index is -0.554. The third kappa shape index (κ3) is 15.4. The first-order chi connectivity index (χ1) is 11.2. The zero-order valence-corrected chi connectivity index (χ0v) is 14.9. The minimum absolute atomic E-state index is 0.378. The van der Waals surface area contributed by atoms with E-state index in [9.17, 15) is 5.11 Å². The Hall–Kier alpha value is -1.31. The molecule has 0 spiro atoms. The third-order valence-corrected chi connectivity index (χ3v) is 3.70. The maximum absolute atomic E-state index is 9.63. The number of halogens is 1. The van der Waals surface area contributed by atoms with Crippen molar-refractivity contribution in [1.29, 1.82) is 0 Å². The highest BCUT2D eigenvalue weighted by molar-refractivity contribution is 6.22. The molecule has 0 bridgehead atoms. The number of hydrogen-bond acceptors (Lipinski definition) is 1. The summed E-state index contributed by atoms with van der Waals surface area (Å²) in [6, 6.07) is 0. The zero-order valence-electron chi connectivity index (χ0n) is 14.1. The number of rotatable bonds is 14. The van der Waals surface area contributed by atoms with E-state index in [4.69, 9.17) is 11.6 Å². The maximum Gasteiger partial charge on any atom is 0.0775 e. The van der Waals surface area contributed by atoms with Gasteiger partial charge < -0.3 is 5.11 Å². The largest absolute Gasteiger partial charge is 0.391 e. The molecule has 128 valence electrons. The molecule has 2 unspecified atom stereocenters. The van der Waals surface area contributed by atoms with Gasteiger partial charge in [0.15, 0.2) is 0 Å². The maximum atomic E-state index is 9.63. The summed E-state index contributed by atoms with van der Waals surface area (Å²) in [5, 5.41) is 9.25. The smallest absolute Gasteiger partial charge is 0.0775 e. The normalized spacial score (nSPS) is 15.0. The fourth-order valence-corrected chi connectivity index (χ4v) is 1.94. The summed E-state index contributed by atoms with van der Waals surface area (Å²) in [5.74, 6) is 0. The predicted octanol–water partition coefficient (Wildman–Crippen LogP) is 6.28. The molecule has 1 N–H and O–H groups in total. The third-order valence-electron chi connectivity index (χ3n) is 3.23. The summed E-state index contributed by atoms with van der Waals surface area (Å²) in [6.45, 7) is 7.27. The van der Waals surface area contributed by atoms with E-state index in [1.807, 2.05) is 18.2 Å². The van der Waals surface area contributed by atoms with Crippen LogP contribution in [0, 0.1) is 0 Å². The van der Waals surface area contributed by atoms with Gasteiger partial charge in [-0.2, -0.15) is 0 Å². The van der Waals surface area contributed by atoms with Gasteiger partial charge >= 0.3 is 0 Å². The first-order valence-electron chi connectivity index (χ1n) is 8.38. The van der Waals surface area contributed by atoms with Crippen LogP contribution in [0.4, 0.5) is 0 Å². The molecule has 0 radical (unpaired) electrons. The van der Waals surface area contributed by atoms with E-state index in [0.717, 1.165) is 32.1 Å². The van der Waals surface area contributed by atoms with Gasteiger partial charge in [0.1, 0.15) is 0 Å². The molecule has 0 amide bonds. The fraction of sp³-hybridized carbons (Fsp3) is 0.429. The average molecular weight is 335 g/mol. The lowest BCUT2D eigenvalue weighted by Crippen LogP contribution is -2.17. The molecule has 0 aromatic carbocycles. The van der Waals surface area contributed by atoms with Crippen molar-refractivity contribution in [3.8, 4) is 0 Å². The molecule has 0 aliphatic rings. The van der Waals surface area contributed by atoms with Crippen LogP contribution < -0.4 is 0 Å². The quantitative estimate of drug-likeness (QED) is 0.225. The van der Waals surface area contributed by atoms with Gasteiger partial charge in [0, 0.05) is 0 Å². The van der Waals surface area contributed by atoms with Crippen molar-refractivity contribution < 1.29 is 5.11 Å². The van der Waals surface area contributed by atoms with Gasteiger partial charge in [-0.1, -0.05) is 60.8 Å².